The molecule has 1 amide bonds. The van der Waals surface area contributed by atoms with E-state index in [4.69, 9.17) is 4.84 Å². The van der Waals surface area contributed by atoms with Gasteiger partial charge in [-0.05, 0) is 42.9 Å². The number of benzene rings is 1. The molecule has 6 heteroatoms. The summed E-state index contributed by atoms with van der Waals surface area (Å²) in [6, 6.07) is 9.96. The van der Waals surface area contributed by atoms with Crippen molar-refractivity contribution in [2.45, 2.75) is 37.8 Å². The molecule has 1 aliphatic heterocycles. The second-order valence-corrected chi connectivity index (χ2v) is 7.26. The minimum atomic E-state index is -0.259. The SMILES string of the molecule is O=C(CCN1CCCO1)NC(c1cnc2ccccc2c1)C1CC(O)C1. The number of aliphatic hydroxyl groups is 1. The molecule has 4 rings (SSSR count). The van der Waals surface area contributed by atoms with Gasteiger partial charge in [0.25, 0.3) is 0 Å². The number of carbonyl (C=O) groups excluding carboxylic acids is 1. The lowest BCUT2D eigenvalue weighted by atomic mass is 9.75. The molecule has 2 aliphatic rings. The first-order valence-corrected chi connectivity index (χ1v) is 9.39. The lowest BCUT2D eigenvalue weighted by Gasteiger charge is -2.38. The molecule has 1 atom stereocenters. The maximum absolute atomic E-state index is 12.5. The molecule has 1 saturated heterocycles. The van der Waals surface area contributed by atoms with Gasteiger partial charge in [0.15, 0.2) is 0 Å². The number of hydrogen-bond donors (Lipinski definition) is 2. The molecule has 1 saturated carbocycles. The zero-order valence-electron chi connectivity index (χ0n) is 14.8. The van der Waals surface area contributed by atoms with Gasteiger partial charge in [-0.15, -0.1) is 0 Å². The van der Waals surface area contributed by atoms with E-state index in [0.717, 1.165) is 36.0 Å². The third-order valence-electron chi connectivity index (χ3n) is 5.32. The van der Waals surface area contributed by atoms with Crippen LogP contribution in [0, 0.1) is 5.92 Å². The van der Waals surface area contributed by atoms with E-state index in [9.17, 15) is 9.90 Å². The molecule has 26 heavy (non-hydrogen) atoms. The Bertz CT molecular complexity index is 770. The number of hydroxylamine groups is 2. The van der Waals surface area contributed by atoms with Crippen molar-refractivity contribution >= 4 is 16.8 Å². The van der Waals surface area contributed by atoms with Crippen molar-refractivity contribution in [2.75, 3.05) is 19.7 Å². The summed E-state index contributed by atoms with van der Waals surface area (Å²) in [5, 5.41) is 15.8. The lowest BCUT2D eigenvalue weighted by Crippen LogP contribution is -2.42. The molecular weight excluding hydrogens is 330 g/mol. The molecular formula is C20H25N3O3. The number of amides is 1. The van der Waals surface area contributed by atoms with Crippen molar-refractivity contribution < 1.29 is 14.7 Å². The molecule has 1 aromatic heterocycles. The highest BCUT2D eigenvalue weighted by Crippen LogP contribution is 2.38. The normalized spacial score (nSPS) is 24.3. The number of hydrogen-bond acceptors (Lipinski definition) is 5. The molecule has 138 valence electrons. The van der Waals surface area contributed by atoms with Gasteiger partial charge in [-0.1, -0.05) is 18.2 Å². The van der Waals surface area contributed by atoms with Crippen molar-refractivity contribution in [2.24, 2.45) is 5.92 Å². The van der Waals surface area contributed by atoms with Gasteiger partial charge in [0.2, 0.25) is 5.91 Å². The van der Waals surface area contributed by atoms with E-state index in [1.807, 2.05) is 35.5 Å². The van der Waals surface area contributed by atoms with Crippen LogP contribution in [0.2, 0.25) is 0 Å². The Balaban J connectivity index is 1.47. The Morgan fingerprint density at radius 2 is 2.23 bits per heavy atom. The lowest BCUT2D eigenvalue weighted by molar-refractivity contribution is -0.131. The van der Waals surface area contributed by atoms with E-state index >= 15 is 0 Å². The van der Waals surface area contributed by atoms with Crippen molar-refractivity contribution in [3.8, 4) is 0 Å². The number of carbonyl (C=O) groups is 1. The first-order valence-electron chi connectivity index (χ1n) is 9.39. The monoisotopic (exact) mass is 355 g/mol. The predicted molar refractivity (Wildman–Crippen MR) is 98.1 cm³/mol. The molecule has 2 fully saturated rings. The van der Waals surface area contributed by atoms with E-state index in [0.29, 0.717) is 25.8 Å². The average Bonchev–Trinajstić information content (AvgIpc) is 3.15. The van der Waals surface area contributed by atoms with E-state index < -0.39 is 0 Å². The van der Waals surface area contributed by atoms with Gasteiger partial charge >= 0.3 is 0 Å². The minimum absolute atomic E-state index is 0.0139. The minimum Gasteiger partial charge on any atom is -0.393 e. The summed E-state index contributed by atoms with van der Waals surface area (Å²) in [4.78, 5) is 22.5. The van der Waals surface area contributed by atoms with Crippen LogP contribution >= 0.6 is 0 Å². The summed E-state index contributed by atoms with van der Waals surface area (Å²) in [5.41, 5.74) is 1.95. The number of para-hydroxylation sites is 1. The van der Waals surface area contributed by atoms with Crippen LogP contribution in [0.3, 0.4) is 0 Å². The third-order valence-corrected chi connectivity index (χ3v) is 5.32. The topological polar surface area (TPSA) is 74.7 Å². The van der Waals surface area contributed by atoms with Crippen LogP contribution in [0.4, 0.5) is 0 Å². The van der Waals surface area contributed by atoms with E-state index in [2.05, 4.69) is 16.4 Å². The fourth-order valence-corrected chi connectivity index (χ4v) is 3.78. The van der Waals surface area contributed by atoms with Crippen LogP contribution in [0.1, 0.15) is 37.3 Å². The molecule has 2 heterocycles. The second-order valence-electron chi connectivity index (χ2n) is 7.26. The number of aromatic nitrogens is 1. The molecule has 2 N–H and O–H groups in total. The number of nitrogens with zero attached hydrogens (tertiary/aromatic N) is 2. The van der Waals surface area contributed by atoms with Crippen molar-refractivity contribution in [3.63, 3.8) is 0 Å². The van der Waals surface area contributed by atoms with E-state index in [1.165, 1.54) is 0 Å². The fraction of sp³-hybridized carbons (Fsp3) is 0.500. The Labute approximate surface area is 153 Å². The van der Waals surface area contributed by atoms with Crippen molar-refractivity contribution in [1.82, 2.24) is 15.4 Å². The molecule has 0 radical (unpaired) electrons. The van der Waals surface area contributed by atoms with E-state index in [-0.39, 0.29) is 24.0 Å². The maximum Gasteiger partial charge on any atom is 0.221 e. The summed E-state index contributed by atoms with van der Waals surface area (Å²) >= 11 is 0. The fourth-order valence-electron chi connectivity index (χ4n) is 3.78. The van der Waals surface area contributed by atoms with Crippen molar-refractivity contribution in [1.29, 1.82) is 0 Å². The molecule has 1 aliphatic carbocycles. The van der Waals surface area contributed by atoms with Crippen LogP contribution < -0.4 is 5.32 Å². The van der Waals surface area contributed by atoms with E-state index in [1.54, 1.807) is 0 Å². The van der Waals surface area contributed by atoms with Gasteiger partial charge in [-0.2, -0.15) is 5.06 Å². The standard InChI is InChI=1S/C20H25N3O3/c24-17-11-15(12-17)20(22-19(25)6-8-23-7-3-9-26-23)16-10-14-4-1-2-5-18(14)21-13-16/h1-2,4-5,10,13,15,17,20,24H,3,6-9,11-12H2,(H,22,25). The Hall–Kier alpha value is -2.02. The van der Waals surface area contributed by atoms with Gasteiger partial charge in [0.1, 0.15) is 0 Å². The Morgan fingerprint density at radius 1 is 1.38 bits per heavy atom. The number of nitrogens with one attached hydrogen (secondary N) is 1. The summed E-state index contributed by atoms with van der Waals surface area (Å²) in [6.45, 7) is 2.24. The largest absolute Gasteiger partial charge is 0.393 e. The summed E-state index contributed by atoms with van der Waals surface area (Å²) in [7, 11) is 0. The van der Waals surface area contributed by atoms with Crippen LogP contribution in [0.25, 0.3) is 10.9 Å². The highest BCUT2D eigenvalue weighted by molar-refractivity contribution is 5.80. The van der Waals surface area contributed by atoms with Crippen LogP contribution in [0.15, 0.2) is 36.5 Å². The second kappa shape index (κ2) is 7.70. The summed E-state index contributed by atoms with van der Waals surface area (Å²) in [5.74, 6) is 0.264. The zero-order chi connectivity index (χ0) is 17.9. The molecule has 1 unspecified atom stereocenters. The summed E-state index contributed by atoms with van der Waals surface area (Å²) in [6.07, 6.45) is 4.45. The Kier molecular flexibility index (Phi) is 5.15. The quantitative estimate of drug-likeness (QED) is 0.831. The predicted octanol–water partition coefficient (Wildman–Crippen LogP) is 2.19. The molecule has 0 bridgehead atoms. The smallest absolute Gasteiger partial charge is 0.221 e. The van der Waals surface area contributed by atoms with Gasteiger partial charge in [0, 0.05) is 31.1 Å². The highest BCUT2D eigenvalue weighted by Gasteiger charge is 2.36. The van der Waals surface area contributed by atoms with Gasteiger partial charge in [-0.3, -0.25) is 14.6 Å². The number of aliphatic hydroxyl groups excluding tert-OH is 1. The molecule has 2 aromatic rings. The molecule has 6 nitrogen and oxygen atoms in total. The number of fused-ring (bicyclic) bond motifs is 1. The van der Waals surface area contributed by atoms with Gasteiger partial charge in [0.05, 0.1) is 24.3 Å². The van der Waals surface area contributed by atoms with Crippen molar-refractivity contribution in [3.05, 3.63) is 42.1 Å². The first kappa shape index (κ1) is 17.4. The summed E-state index contributed by atoms with van der Waals surface area (Å²) < 4.78 is 0. The third kappa shape index (κ3) is 3.87. The highest BCUT2D eigenvalue weighted by atomic mass is 16.7. The Morgan fingerprint density at radius 3 is 3.00 bits per heavy atom. The average molecular weight is 355 g/mol. The maximum atomic E-state index is 12.5. The molecule has 1 aromatic carbocycles. The van der Waals surface area contributed by atoms with Gasteiger partial charge in [-0.25, -0.2) is 0 Å². The van der Waals surface area contributed by atoms with Gasteiger partial charge < -0.3 is 10.4 Å². The van der Waals surface area contributed by atoms with Crippen LogP contribution in [-0.2, 0) is 9.63 Å². The number of pyridine rings is 1. The van der Waals surface area contributed by atoms with Crippen LogP contribution in [-0.4, -0.2) is 46.9 Å². The van der Waals surface area contributed by atoms with Crippen LogP contribution in [0.5, 0.6) is 0 Å². The number of rotatable bonds is 6. The first-order chi connectivity index (χ1) is 12.7. The zero-order valence-corrected chi connectivity index (χ0v) is 14.8. The molecule has 0 spiro atoms.